The molecule has 0 spiro atoms. The van der Waals surface area contributed by atoms with Gasteiger partial charge in [-0.3, -0.25) is 0 Å². The molecular weight excluding hydrogens is 283 g/mol. The fourth-order valence-electron chi connectivity index (χ4n) is 1.98. The minimum Gasteiger partial charge on any atom is -0.305 e. The van der Waals surface area contributed by atoms with E-state index in [9.17, 15) is 4.39 Å². The van der Waals surface area contributed by atoms with Gasteiger partial charge in [0.15, 0.2) is 0 Å². The first-order chi connectivity index (χ1) is 8.97. The summed E-state index contributed by atoms with van der Waals surface area (Å²) in [4.78, 5) is 5.62. The molecule has 1 atom stereocenters. The van der Waals surface area contributed by atoms with Crippen LogP contribution >= 0.6 is 22.9 Å². The number of hydrogen-bond acceptors (Lipinski definition) is 3. The topological polar surface area (TPSA) is 24.9 Å². The summed E-state index contributed by atoms with van der Waals surface area (Å²) in [6.45, 7) is 6.62. The summed E-state index contributed by atoms with van der Waals surface area (Å²) in [6, 6.07) is 4.59. The molecule has 19 heavy (non-hydrogen) atoms. The fraction of sp³-hybridized carbons (Fsp3) is 0.357. The number of nitrogens with zero attached hydrogens (tertiary/aromatic N) is 1. The third kappa shape index (κ3) is 3.53. The number of thiazole rings is 1. The Morgan fingerprint density at radius 2 is 2.16 bits per heavy atom. The summed E-state index contributed by atoms with van der Waals surface area (Å²) in [5.41, 5.74) is 1.82. The SMILES string of the molecule is Cc1nc(C)c(C(C)NCc2cc(F)ccc2Cl)s1. The summed E-state index contributed by atoms with van der Waals surface area (Å²) >= 11 is 7.73. The van der Waals surface area contributed by atoms with Crippen molar-refractivity contribution in [2.24, 2.45) is 0 Å². The molecule has 1 N–H and O–H groups in total. The van der Waals surface area contributed by atoms with Gasteiger partial charge in [-0.15, -0.1) is 11.3 Å². The van der Waals surface area contributed by atoms with Gasteiger partial charge in [0.25, 0.3) is 0 Å². The van der Waals surface area contributed by atoms with Crippen LogP contribution in [-0.4, -0.2) is 4.98 Å². The molecule has 0 amide bonds. The predicted octanol–water partition coefficient (Wildman–Crippen LogP) is 4.40. The maximum Gasteiger partial charge on any atom is 0.123 e. The molecule has 1 unspecified atom stereocenters. The molecule has 5 heteroatoms. The van der Waals surface area contributed by atoms with E-state index in [1.807, 2.05) is 13.8 Å². The van der Waals surface area contributed by atoms with Gasteiger partial charge in [0.05, 0.1) is 10.7 Å². The van der Waals surface area contributed by atoms with E-state index in [1.54, 1.807) is 17.4 Å². The third-order valence-corrected chi connectivity index (χ3v) is 4.56. The van der Waals surface area contributed by atoms with Crippen molar-refractivity contribution in [3.63, 3.8) is 0 Å². The molecule has 2 aromatic rings. The largest absolute Gasteiger partial charge is 0.305 e. The average molecular weight is 299 g/mol. The number of hydrogen-bond donors (Lipinski definition) is 1. The Bertz CT molecular complexity index is 583. The minimum absolute atomic E-state index is 0.172. The average Bonchev–Trinajstić information content (AvgIpc) is 2.69. The number of benzene rings is 1. The van der Waals surface area contributed by atoms with Gasteiger partial charge >= 0.3 is 0 Å². The van der Waals surface area contributed by atoms with Crippen LogP contribution in [-0.2, 0) is 6.54 Å². The first-order valence-corrected chi connectivity index (χ1v) is 7.28. The Balaban J connectivity index is 2.06. The van der Waals surface area contributed by atoms with Crippen LogP contribution in [0, 0.1) is 19.7 Å². The Labute approximate surface area is 121 Å². The van der Waals surface area contributed by atoms with Crippen molar-refractivity contribution in [1.82, 2.24) is 10.3 Å². The van der Waals surface area contributed by atoms with Crippen LogP contribution in [0.25, 0.3) is 0 Å². The normalized spacial score (nSPS) is 12.7. The molecule has 0 bridgehead atoms. The van der Waals surface area contributed by atoms with Crippen LogP contribution in [0.5, 0.6) is 0 Å². The van der Waals surface area contributed by atoms with Gasteiger partial charge in [-0.05, 0) is 44.5 Å². The van der Waals surface area contributed by atoms with E-state index in [1.165, 1.54) is 17.0 Å². The highest BCUT2D eigenvalue weighted by Crippen LogP contribution is 2.25. The molecule has 102 valence electrons. The van der Waals surface area contributed by atoms with Crippen molar-refractivity contribution >= 4 is 22.9 Å². The van der Waals surface area contributed by atoms with Crippen molar-refractivity contribution in [3.05, 3.63) is 50.2 Å². The maximum absolute atomic E-state index is 13.2. The van der Waals surface area contributed by atoms with Crippen LogP contribution in [0.3, 0.4) is 0 Å². The molecule has 2 rings (SSSR count). The molecule has 1 aromatic heterocycles. The lowest BCUT2D eigenvalue weighted by atomic mass is 10.2. The van der Waals surface area contributed by atoms with Gasteiger partial charge in [-0.25, -0.2) is 9.37 Å². The molecular formula is C14H16ClFN2S. The molecule has 1 aromatic carbocycles. The number of nitrogens with one attached hydrogen (secondary N) is 1. The highest BCUT2D eigenvalue weighted by Gasteiger charge is 2.13. The molecule has 0 aliphatic carbocycles. The van der Waals surface area contributed by atoms with Gasteiger partial charge in [0, 0.05) is 22.5 Å². The Hall–Kier alpha value is -0.970. The lowest BCUT2D eigenvalue weighted by Gasteiger charge is -2.13. The van der Waals surface area contributed by atoms with Crippen molar-refractivity contribution in [2.45, 2.75) is 33.4 Å². The van der Waals surface area contributed by atoms with E-state index in [0.717, 1.165) is 16.3 Å². The van der Waals surface area contributed by atoms with E-state index < -0.39 is 0 Å². The third-order valence-electron chi connectivity index (χ3n) is 2.94. The zero-order valence-electron chi connectivity index (χ0n) is 11.1. The first-order valence-electron chi connectivity index (χ1n) is 6.08. The monoisotopic (exact) mass is 298 g/mol. The van der Waals surface area contributed by atoms with Gasteiger partial charge in [-0.2, -0.15) is 0 Å². The van der Waals surface area contributed by atoms with Crippen molar-refractivity contribution in [1.29, 1.82) is 0 Å². The van der Waals surface area contributed by atoms with Crippen molar-refractivity contribution in [3.8, 4) is 0 Å². The second-order valence-corrected chi connectivity index (χ2v) is 6.16. The summed E-state index contributed by atoms with van der Waals surface area (Å²) in [7, 11) is 0. The Morgan fingerprint density at radius 1 is 1.42 bits per heavy atom. The number of rotatable bonds is 4. The summed E-state index contributed by atoms with van der Waals surface area (Å²) in [5, 5.41) is 5.00. The molecule has 0 fully saturated rings. The first kappa shape index (κ1) is 14.4. The molecule has 1 heterocycles. The molecule has 0 saturated heterocycles. The Kier molecular flexibility index (Phi) is 4.55. The van der Waals surface area contributed by atoms with Crippen LogP contribution < -0.4 is 5.32 Å². The lowest BCUT2D eigenvalue weighted by Crippen LogP contribution is -2.18. The standard InChI is InChI=1S/C14H16ClFN2S/c1-8(14-9(2)18-10(3)19-14)17-7-11-6-12(16)4-5-13(11)15/h4-6,8,17H,7H2,1-3H3. The van der Waals surface area contributed by atoms with E-state index >= 15 is 0 Å². The van der Waals surface area contributed by atoms with Gasteiger partial charge in [-0.1, -0.05) is 11.6 Å². The van der Waals surface area contributed by atoms with E-state index in [-0.39, 0.29) is 11.9 Å². The van der Waals surface area contributed by atoms with E-state index in [0.29, 0.717) is 11.6 Å². The summed E-state index contributed by atoms with van der Waals surface area (Å²) < 4.78 is 13.2. The number of aryl methyl sites for hydroxylation is 2. The van der Waals surface area contributed by atoms with Gasteiger partial charge in [0.1, 0.15) is 5.82 Å². The summed E-state index contributed by atoms with van der Waals surface area (Å²) in [5.74, 6) is -0.265. The van der Waals surface area contributed by atoms with Crippen LogP contribution in [0.4, 0.5) is 4.39 Å². The van der Waals surface area contributed by atoms with Crippen LogP contribution in [0.15, 0.2) is 18.2 Å². The predicted molar refractivity (Wildman–Crippen MR) is 78.3 cm³/mol. The quantitative estimate of drug-likeness (QED) is 0.905. The lowest BCUT2D eigenvalue weighted by molar-refractivity contribution is 0.573. The molecule has 0 saturated carbocycles. The number of aromatic nitrogens is 1. The molecule has 0 aliphatic rings. The van der Waals surface area contributed by atoms with Gasteiger partial charge < -0.3 is 5.32 Å². The molecule has 0 radical (unpaired) electrons. The van der Waals surface area contributed by atoms with Crippen molar-refractivity contribution in [2.75, 3.05) is 0 Å². The highest BCUT2D eigenvalue weighted by molar-refractivity contribution is 7.11. The molecule has 0 aliphatic heterocycles. The maximum atomic E-state index is 13.2. The highest BCUT2D eigenvalue weighted by atomic mass is 35.5. The second kappa shape index (κ2) is 5.99. The smallest absolute Gasteiger partial charge is 0.123 e. The van der Waals surface area contributed by atoms with E-state index in [4.69, 9.17) is 11.6 Å². The van der Waals surface area contributed by atoms with Crippen molar-refractivity contribution < 1.29 is 4.39 Å². The Morgan fingerprint density at radius 3 is 2.79 bits per heavy atom. The van der Waals surface area contributed by atoms with Crippen LogP contribution in [0.2, 0.25) is 5.02 Å². The fourth-order valence-corrected chi connectivity index (χ4v) is 3.12. The van der Waals surface area contributed by atoms with Gasteiger partial charge in [0.2, 0.25) is 0 Å². The minimum atomic E-state index is -0.265. The second-order valence-electron chi connectivity index (χ2n) is 4.52. The van der Waals surface area contributed by atoms with E-state index in [2.05, 4.69) is 17.2 Å². The zero-order valence-corrected chi connectivity index (χ0v) is 12.7. The number of halogens is 2. The zero-order chi connectivity index (χ0) is 14.0. The summed E-state index contributed by atoms with van der Waals surface area (Å²) in [6.07, 6.45) is 0. The molecule has 2 nitrogen and oxygen atoms in total. The van der Waals surface area contributed by atoms with Crippen LogP contribution in [0.1, 0.15) is 34.1 Å².